The van der Waals surface area contributed by atoms with Gasteiger partial charge in [0.1, 0.15) is 5.69 Å². The van der Waals surface area contributed by atoms with Gasteiger partial charge in [-0.15, -0.1) is 0 Å². The van der Waals surface area contributed by atoms with E-state index in [2.05, 4.69) is 20.4 Å². The Kier molecular flexibility index (Phi) is 4.70. The monoisotopic (exact) mass is 355 g/mol. The lowest BCUT2D eigenvalue weighted by Gasteiger charge is -2.04. The fourth-order valence-corrected chi connectivity index (χ4v) is 2.74. The third kappa shape index (κ3) is 3.74. The maximum absolute atomic E-state index is 12.8. The quantitative estimate of drug-likeness (QED) is 0.596. The minimum Gasteiger partial charge on any atom is -0.346 e. The van der Waals surface area contributed by atoms with Crippen molar-refractivity contribution in [1.29, 1.82) is 0 Å². The molecule has 132 valence electrons. The number of carbonyl (C=O) groups excluding carboxylic acids is 1. The number of rotatable bonds is 5. The van der Waals surface area contributed by atoms with E-state index in [9.17, 15) is 4.79 Å². The van der Waals surface area contributed by atoms with Gasteiger partial charge >= 0.3 is 0 Å². The summed E-state index contributed by atoms with van der Waals surface area (Å²) in [4.78, 5) is 21.2. The van der Waals surface area contributed by atoms with Crippen LogP contribution in [0.5, 0.6) is 0 Å². The first-order chi connectivity index (χ1) is 13.3. The van der Waals surface area contributed by atoms with Crippen LogP contribution in [-0.4, -0.2) is 25.7 Å². The zero-order valence-electron chi connectivity index (χ0n) is 14.5. The van der Waals surface area contributed by atoms with Gasteiger partial charge in [-0.3, -0.25) is 14.8 Å². The van der Waals surface area contributed by atoms with E-state index in [1.807, 2.05) is 60.7 Å². The fraction of sp³-hybridized carbons (Fsp3) is 0.0476. The second-order valence-corrected chi connectivity index (χ2v) is 5.92. The molecule has 1 N–H and O–H groups in total. The number of nitrogens with one attached hydrogen (secondary N) is 1. The highest BCUT2D eigenvalue weighted by Crippen LogP contribution is 2.23. The topological polar surface area (TPSA) is 72.7 Å². The Morgan fingerprint density at radius 1 is 0.963 bits per heavy atom. The van der Waals surface area contributed by atoms with Crippen molar-refractivity contribution in [2.75, 3.05) is 0 Å². The smallest absolute Gasteiger partial charge is 0.255 e. The predicted molar refractivity (Wildman–Crippen MR) is 102 cm³/mol. The lowest BCUT2D eigenvalue weighted by Crippen LogP contribution is -2.23. The van der Waals surface area contributed by atoms with Gasteiger partial charge < -0.3 is 5.32 Å². The van der Waals surface area contributed by atoms with Crippen molar-refractivity contribution in [3.05, 3.63) is 96.7 Å². The van der Waals surface area contributed by atoms with Crippen molar-refractivity contribution >= 4 is 5.91 Å². The molecule has 6 nitrogen and oxygen atoms in total. The molecule has 1 aromatic carbocycles. The van der Waals surface area contributed by atoms with Gasteiger partial charge in [0.05, 0.1) is 23.5 Å². The Morgan fingerprint density at radius 2 is 1.81 bits per heavy atom. The zero-order valence-corrected chi connectivity index (χ0v) is 14.5. The van der Waals surface area contributed by atoms with E-state index in [-0.39, 0.29) is 5.91 Å². The molecule has 0 aliphatic rings. The van der Waals surface area contributed by atoms with E-state index in [0.29, 0.717) is 17.8 Å². The summed E-state index contributed by atoms with van der Waals surface area (Å²) in [6.07, 6.45) is 6.84. The molecule has 4 aromatic rings. The molecule has 0 saturated heterocycles. The van der Waals surface area contributed by atoms with Crippen LogP contribution in [0.4, 0.5) is 0 Å². The van der Waals surface area contributed by atoms with Crippen molar-refractivity contribution in [2.24, 2.45) is 0 Å². The molecular formula is C21H17N5O. The van der Waals surface area contributed by atoms with Crippen LogP contribution in [0.15, 0.2) is 85.5 Å². The van der Waals surface area contributed by atoms with E-state index >= 15 is 0 Å². The minimum absolute atomic E-state index is 0.207. The Balaban J connectivity index is 1.67. The van der Waals surface area contributed by atoms with Crippen LogP contribution < -0.4 is 5.32 Å². The standard InChI is InChI=1S/C21H17N5O/c27-21(24-14-17-8-4-5-12-23-17)19-15-26(18-9-2-1-3-10-18)25-20(19)16-7-6-11-22-13-16/h1-13,15H,14H2,(H,24,27). The van der Waals surface area contributed by atoms with Crippen molar-refractivity contribution < 1.29 is 4.79 Å². The molecule has 0 fully saturated rings. The molecule has 0 aliphatic heterocycles. The van der Waals surface area contributed by atoms with Crippen LogP contribution >= 0.6 is 0 Å². The van der Waals surface area contributed by atoms with Crippen LogP contribution in [0.2, 0.25) is 0 Å². The number of hydrogen-bond acceptors (Lipinski definition) is 4. The predicted octanol–water partition coefficient (Wildman–Crippen LogP) is 3.26. The van der Waals surface area contributed by atoms with Gasteiger partial charge in [0.2, 0.25) is 0 Å². The normalized spacial score (nSPS) is 10.5. The van der Waals surface area contributed by atoms with Crippen LogP contribution in [0, 0.1) is 0 Å². The first-order valence-electron chi connectivity index (χ1n) is 8.55. The molecule has 3 aromatic heterocycles. The number of pyridine rings is 2. The molecule has 6 heteroatoms. The van der Waals surface area contributed by atoms with Gasteiger partial charge in [0.15, 0.2) is 0 Å². The highest BCUT2D eigenvalue weighted by atomic mass is 16.1. The lowest BCUT2D eigenvalue weighted by atomic mass is 10.1. The highest BCUT2D eigenvalue weighted by Gasteiger charge is 2.18. The Labute approximate surface area is 156 Å². The molecule has 0 aliphatic carbocycles. The number of hydrogen-bond donors (Lipinski definition) is 1. The first-order valence-corrected chi connectivity index (χ1v) is 8.55. The molecule has 0 radical (unpaired) electrons. The van der Waals surface area contributed by atoms with E-state index < -0.39 is 0 Å². The average molecular weight is 355 g/mol. The van der Waals surface area contributed by atoms with Crippen molar-refractivity contribution in [2.45, 2.75) is 6.54 Å². The van der Waals surface area contributed by atoms with Gasteiger partial charge in [-0.25, -0.2) is 4.68 Å². The zero-order chi connectivity index (χ0) is 18.5. The Morgan fingerprint density at radius 3 is 2.56 bits per heavy atom. The number of amides is 1. The maximum Gasteiger partial charge on any atom is 0.255 e. The first kappa shape index (κ1) is 16.7. The molecule has 3 heterocycles. The average Bonchev–Trinajstić information content (AvgIpc) is 3.20. The summed E-state index contributed by atoms with van der Waals surface area (Å²) in [7, 11) is 0. The maximum atomic E-state index is 12.8. The van der Waals surface area contributed by atoms with E-state index in [1.165, 1.54) is 0 Å². The van der Waals surface area contributed by atoms with Crippen LogP contribution in [0.1, 0.15) is 16.1 Å². The summed E-state index contributed by atoms with van der Waals surface area (Å²) < 4.78 is 1.71. The lowest BCUT2D eigenvalue weighted by molar-refractivity contribution is 0.0951. The van der Waals surface area contributed by atoms with Crippen molar-refractivity contribution in [3.8, 4) is 16.9 Å². The molecule has 27 heavy (non-hydrogen) atoms. The summed E-state index contributed by atoms with van der Waals surface area (Å²) in [6, 6.07) is 19.0. The summed E-state index contributed by atoms with van der Waals surface area (Å²) >= 11 is 0. The molecule has 0 saturated carbocycles. The number of benzene rings is 1. The Hall–Kier alpha value is -3.80. The van der Waals surface area contributed by atoms with Crippen molar-refractivity contribution in [3.63, 3.8) is 0 Å². The summed E-state index contributed by atoms with van der Waals surface area (Å²) in [5, 5.41) is 7.54. The molecule has 1 amide bonds. The second kappa shape index (κ2) is 7.61. The SMILES string of the molecule is O=C(NCc1ccccn1)c1cn(-c2ccccc2)nc1-c1cccnc1. The third-order valence-electron chi connectivity index (χ3n) is 4.07. The van der Waals surface area contributed by atoms with Crippen LogP contribution in [-0.2, 0) is 6.54 Å². The fourth-order valence-electron chi connectivity index (χ4n) is 2.74. The summed E-state index contributed by atoms with van der Waals surface area (Å²) in [5.74, 6) is -0.207. The molecule has 0 spiro atoms. The molecule has 4 rings (SSSR count). The number of aromatic nitrogens is 4. The molecular weight excluding hydrogens is 338 g/mol. The van der Waals surface area contributed by atoms with Crippen molar-refractivity contribution in [1.82, 2.24) is 25.1 Å². The number of para-hydroxylation sites is 1. The van der Waals surface area contributed by atoms with Gasteiger partial charge in [-0.2, -0.15) is 5.10 Å². The third-order valence-corrected chi connectivity index (χ3v) is 4.07. The molecule has 0 atom stereocenters. The largest absolute Gasteiger partial charge is 0.346 e. The van der Waals surface area contributed by atoms with Gasteiger partial charge in [-0.05, 0) is 36.4 Å². The molecule has 0 unspecified atom stereocenters. The van der Waals surface area contributed by atoms with E-state index in [1.54, 1.807) is 29.5 Å². The van der Waals surface area contributed by atoms with Gasteiger partial charge in [0, 0.05) is 30.4 Å². The summed E-state index contributed by atoms with van der Waals surface area (Å²) in [6.45, 7) is 0.350. The Bertz CT molecular complexity index is 1030. The van der Waals surface area contributed by atoms with E-state index in [0.717, 1.165) is 16.9 Å². The van der Waals surface area contributed by atoms with Crippen LogP contribution in [0.25, 0.3) is 16.9 Å². The van der Waals surface area contributed by atoms with E-state index in [4.69, 9.17) is 0 Å². The highest BCUT2D eigenvalue weighted by molar-refractivity contribution is 5.99. The van der Waals surface area contributed by atoms with Gasteiger partial charge in [-0.1, -0.05) is 24.3 Å². The van der Waals surface area contributed by atoms with Crippen LogP contribution in [0.3, 0.4) is 0 Å². The van der Waals surface area contributed by atoms with Gasteiger partial charge in [0.25, 0.3) is 5.91 Å². The number of nitrogens with zero attached hydrogens (tertiary/aromatic N) is 4. The molecule has 0 bridgehead atoms. The summed E-state index contributed by atoms with van der Waals surface area (Å²) in [5.41, 5.74) is 3.54. The number of carbonyl (C=O) groups is 1. The second-order valence-electron chi connectivity index (χ2n) is 5.92. The minimum atomic E-state index is -0.207.